The van der Waals surface area contributed by atoms with Gasteiger partial charge < -0.3 is 10.2 Å². The van der Waals surface area contributed by atoms with Crippen molar-refractivity contribution in [3.63, 3.8) is 0 Å². The molecule has 0 spiro atoms. The molecule has 7 nitrogen and oxygen atoms in total. The van der Waals surface area contributed by atoms with E-state index in [9.17, 15) is 14.0 Å². The number of urea groups is 1. The van der Waals surface area contributed by atoms with Crippen molar-refractivity contribution < 1.29 is 14.0 Å². The number of aromatic nitrogens is 2. The molecule has 1 aliphatic heterocycles. The Kier molecular flexibility index (Phi) is 8.92. The highest BCUT2D eigenvalue weighted by Gasteiger charge is 2.30. The minimum Gasteiger partial charge on any atom is -0.346 e. The van der Waals surface area contributed by atoms with Crippen LogP contribution in [-0.2, 0) is 13.1 Å². The van der Waals surface area contributed by atoms with Gasteiger partial charge in [0.2, 0.25) is 0 Å². The van der Waals surface area contributed by atoms with Crippen LogP contribution in [0.25, 0.3) is 0 Å². The lowest BCUT2D eigenvalue weighted by molar-refractivity contribution is 0.0950. The molecule has 32 heavy (non-hydrogen) atoms. The molecule has 0 bridgehead atoms. The van der Waals surface area contributed by atoms with Gasteiger partial charge in [0.05, 0.1) is 12.2 Å². The van der Waals surface area contributed by atoms with Gasteiger partial charge in [0.1, 0.15) is 11.6 Å². The van der Waals surface area contributed by atoms with Crippen LogP contribution in [0.5, 0.6) is 0 Å². The highest BCUT2D eigenvalue weighted by atomic mass is 35.5. The fraction of sp³-hybridized carbons (Fsp3) is 0.182. The number of halogens is 3. The standard InChI is InChI=1S/C22H20FN5O2.2ClH/c23-18-6-4-16(5-7-18)15-27-11-12-28(22(27)30)20-13-17(8-10-25-20)21(29)26-14-19-3-1-2-9-24-19;;/h1-10,13H,11-12,14-15H2,(H,26,29);2*1H. The first kappa shape index (κ1) is 25.0. The molecule has 0 radical (unpaired) electrons. The summed E-state index contributed by atoms with van der Waals surface area (Å²) >= 11 is 0. The number of nitrogens with one attached hydrogen (secondary N) is 1. The van der Waals surface area contributed by atoms with Gasteiger partial charge in [-0.05, 0) is 42.0 Å². The summed E-state index contributed by atoms with van der Waals surface area (Å²) in [5.41, 5.74) is 2.02. The number of anilines is 1. The minimum absolute atomic E-state index is 0. The maximum absolute atomic E-state index is 13.1. The van der Waals surface area contributed by atoms with Crippen molar-refractivity contribution in [3.8, 4) is 0 Å². The van der Waals surface area contributed by atoms with Crippen LogP contribution in [0.3, 0.4) is 0 Å². The maximum Gasteiger partial charge on any atom is 0.326 e. The summed E-state index contributed by atoms with van der Waals surface area (Å²) in [4.78, 5) is 36.9. The Balaban J connectivity index is 0.00000181. The SMILES string of the molecule is Cl.Cl.O=C(NCc1ccccn1)c1ccnc(N2CCN(Cc3ccc(F)cc3)C2=O)c1. The second kappa shape index (κ2) is 11.4. The lowest BCUT2D eigenvalue weighted by atomic mass is 10.2. The third-order valence-corrected chi connectivity index (χ3v) is 4.82. The molecule has 0 atom stereocenters. The number of pyridine rings is 2. The molecule has 1 aromatic carbocycles. The first-order chi connectivity index (χ1) is 14.6. The lowest BCUT2D eigenvalue weighted by Gasteiger charge is -2.18. The van der Waals surface area contributed by atoms with Crippen molar-refractivity contribution in [2.24, 2.45) is 0 Å². The molecule has 3 amide bonds. The van der Waals surface area contributed by atoms with Crippen molar-refractivity contribution in [2.45, 2.75) is 13.1 Å². The summed E-state index contributed by atoms with van der Waals surface area (Å²) in [5.74, 6) is -0.151. The van der Waals surface area contributed by atoms with Gasteiger partial charge in [0.15, 0.2) is 0 Å². The van der Waals surface area contributed by atoms with Gasteiger partial charge >= 0.3 is 6.03 Å². The number of nitrogens with zero attached hydrogens (tertiary/aromatic N) is 4. The van der Waals surface area contributed by atoms with Gasteiger partial charge in [-0.2, -0.15) is 0 Å². The lowest BCUT2D eigenvalue weighted by Crippen LogP contribution is -2.32. The average molecular weight is 478 g/mol. The summed E-state index contributed by atoms with van der Waals surface area (Å²) in [7, 11) is 0. The Morgan fingerprint density at radius 1 is 1.00 bits per heavy atom. The quantitative estimate of drug-likeness (QED) is 0.584. The number of rotatable bonds is 6. The smallest absolute Gasteiger partial charge is 0.326 e. The average Bonchev–Trinajstić information content (AvgIpc) is 3.14. The highest BCUT2D eigenvalue weighted by Crippen LogP contribution is 2.21. The zero-order valence-corrected chi connectivity index (χ0v) is 18.6. The number of carbonyl (C=O) groups is 2. The largest absolute Gasteiger partial charge is 0.346 e. The van der Waals surface area contributed by atoms with Crippen LogP contribution >= 0.6 is 24.8 Å². The molecular formula is C22H22Cl2FN5O2. The molecule has 1 aliphatic rings. The van der Waals surface area contributed by atoms with E-state index in [0.717, 1.165) is 11.3 Å². The third-order valence-electron chi connectivity index (χ3n) is 4.82. The monoisotopic (exact) mass is 477 g/mol. The molecule has 3 heterocycles. The van der Waals surface area contributed by atoms with E-state index in [1.807, 2.05) is 18.2 Å². The number of amides is 3. The summed E-state index contributed by atoms with van der Waals surface area (Å²) < 4.78 is 13.1. The summed E-state index contributed by atoms with van der Waals surface area (Å²) in [5, 5.41) is 2.82. The van der Waals surface area contributed by atoms with E-state index in [1.54, 1.807) is 40.3 Å². The Morgan fingerprint density at radius 3 is 2.50 bits per heavy atom. The number of hydrogen-bond donors (Lipinski definition) is 1. The van der Waals surface area contributed by atoms with Gasteiger partial charge in [-0.3, -0.25) is 14.7 Å². The molecule has 10 heteroatoms. The normalized spacial score (nSPS) is 12.7. The summed E-state index contributed by atoms with van der Waals surface area (Å²) in [6, 6.07) is 14.6. The topological polar surface area (TPSA) is 78.4 Å². The number of hydrogen-bond acceptors (Lipinski definition) is 4. The van der Waals surface area contributed by atoms with Crippen LogP contribution in [0.1, 0.15) is 21.6 Å². The molecule has 4 rings (SSSR count). The molecule has 0 unspecified atom stereocenters. The van der Waals surface area contributed by atoms with Gasteiger partial charge in [-0.15, -0.1) is 24.8 Å². The summed E-state index contributed by atoms with van der Waals surface area (Å²) in [6.45, 7) is 1.69. The van der Waals surface area contributed by atoms with E-state index in [1.165, 1.54) is 18.3 Å². The van der Waals surface area contributed by atoms with Crippen LogP contribution in [0.4, 0.5) is 15.0 Å². The van der Waals surface area contributed by atoms with E-state index < -0.39 is 0 Å². The predicted molar refractivity (Wildman–Crippen MR) is 124 cm³/mol. The zero-order valence-electron chi connectivity index (χ0n) is 17.0. The van der Waals surface area contributed by atoms with Crippen LogP contribution in [0, 0.1) is 5.82 Å². The van der Waals surface area contributed by atoms with Crippen molar-refractivity contribution in [3.05, 3.63) is 89.6 Å². The maximum atomic E-state index is 13.1. The highest BCUT2D eigenvalue weighted by molar-refractivity contribution is 5.97. The van der Waals surface area contributed by atoms with Crippen molar-refractivity contribution in [1.82, 2.24) is 20.2 Å². The van der Waals surface area contributed by atoms with E-state index in [4.69, 9.17) is 0 Å². The molecule has 1 N–H and O–H groups in total. The van der Waals surface area contributed by atoms with Crippen LogP contribution in [0.15, 0.2) is 67.0 Å². The number of benzene rings is 1. The minimum atomic E-state index is -0.310. The molecule has 1 fully saturated rings. The Labute approximate surface area is 197 Å². The Hall–Kier alpha value is -3.23. The molecule has 3 aromatic rings. The van der Waals surface area contributed by atoms with E-state index in [0.29, 0.717) is 37.6 Å². The van der Waals surface area contributed by atoms with Gasteiger partial charge in [0.25, 0.3) is 5.91 Å². The molecule has 168 valence electrons. The van der Waals surface area contributed by atoms with Gasteiger partial charge in [-0.1, -0.05) is 18.2 Å². The molecule has 0 aliphatic carbocycles. The fourth-order valence-corrected chi connectivity index (χ4v) is 3.23. The van der Waals surface area contributed by atoms with Gasteiger partial charge in [-0.25, -0.2) is 14.2 Å². The number of carbonyl (C=O) groups excluding carboxylic acids is 2. The van der Waals surface area contributed by atoms with Crippen LogP contribution in [0.2, 0.25) is 0 Å². The van der Waals surface area contributed by atoms with Crippen molar-refractivity contribution >= 4 is 42.6 Å². The molecule has 0 saturated carbocycles. The van der Waals surface area contributed by atoms with E-state index in [-0.39, 0.29) is 42.6 Å². The fourth-order valence-electron chi connectivity index (χ4n) is 3.23. The second-order valence-corrected chi connectivity index (χ2v) is 6.89. The Morgan fingerprint density at radius 2 is 1.78 bits per heavy atom. The van der Waals surface area contributed by atoms with Crippen LogP contribution < -0.4 is 10.2 Å². The molecular weight excluding hydrogens is 456 g/mol. The van der Waals surface area contributed by atoms with Crippen molar-refractivity contribution in [2.75, 3.05) is 18.0 Å². The van der Waals surface area contributed by atoms with E-state index in [2.05, 4.69) is 15.3 Å². The van der Waals surface area contributed by atoms with Crippen LogP contribution in [-0.4, -0.2) is 39.9 Å². The first-order valence-corrected chi connectivity index (χ1v) is 9.55. The predicted octanol–water partition coefficient (Wildman–Crippen LogP) is 3.83. The molecule has 2 aromatic heterocycles. The van der Waals surface area contributed by atoms with Crippen molar-refractivity contribution in [1.29, 1.82) is 0 Å². The first-order valence-electron chi connectivity index (χ1n) is 9.55. The summed E-state index contributed by atoms with van der Waals surface area (Å²) in [6.07, 6.45) is 3.18. The Bertz CT molecular complexity index is 1050. The molecule has 1 saturated heterocycles. The van der Waals surface area contributed by atoms with E-state index >= 15 is 0 Å². The third kappa shape index (κ3) is 5.93. The zero-order chi connectivity index (χ0) is 20.9. The van der Waals surface area contributed by atoms with Gasteiger partial charge in [0, 0.05) is 37.6 Å². The second-order valence-electron chi connectivity index (χ2n) is 6.89.